The maximum atomic E-state index is 12.4. The fourth-order valence-corrected chi connectivity index (χ4v) is 2.20. The van der Waals surface area contributed by atoms with Crippen LogP contribution in [0.1, 0.15) is 17.7 Å². The summed E-state index contributed by atoms with van der Waals surface area (Å²) in [6.07, 6.45) is -7.95. The first-order chi connectivity index (χ1) is 7.74. The van der Waals surface area contributed by atoms with Gasteiger partial charge in [0.05, 0.1) is 5.88 Å². The second kappa shape index (κ2) is 5.51. The molecule has 0 aliphatic carbocycles. The van der Waals surface area contributed by atoms with E-state index in [0.29, 0.717) is 6.07 Å². The van der Waals surface area contributed by atoms with Crippen LogP contribution in [0.2, 0.25) is 0 Å². The van der Waals surface area contributed by atoms with E-state index in [9.17, 15) is 22.0 Å². The Morgan fingerprint density at radius 1 is 1.41 bits per heavy atom. The smallest absolute Gasteiger partial charge is 0.405 e. The van der Waals surface area contributed by atoms with Crippen LogP contribution < -0.4 is 4.74 Å². The molecule has 9 heteroatoms. The zero-order valence-electron chi connectivity index (χ0n) is 7.86. The lowest BCUT2D eigenvalue weighted by molar-refractivity contribution is -0.275. The lowest BCUT2D eigenvalue weighted by atomic mass is 10.2. The Morgan fingerprint density at radius 2 is 2.00 bits per heavy atom. The van der Waals surface area contributed by atoms with Crippen molar-refractivity contribution < 1.29 is 26.7 Å². The van der Waals surface area contributed by atoms with Gasteiger partial charge in [0.1, 0.15) is 15.1 Å². The van der Waals surface area contributed by atoms with Crippen LogP contribution in [-0.4, -0.2) is 11.3 Å². The minimum Gasteiger partial charge on any atom is -0.405 e. The molecule has 0 spiro atoms. The SMILES string of the molecule is FC(F)c1cc(OC(F)(F)F)c(CCl)c(I)n1. The Balaban J connectivity index is 3.24. The van der Waals surface area contributed by atoms with Crippen molar-refractivity contribution in [2.24, 2.45) is 0 Å². The number of ether oxygens (including phenoxy) is 1. The summed E-state index contributed by atoms with van der Waals surface area (Å²) in [7, 11) is 0. The monoisotopic (exact) mass is 387 g/mol. The number of pyridine rings is 1. The van der Waals surface area contributed by atoms with Gasteiger partial charge in [-0.3, -0.25) is 0 Å². The Morgan fingerprint density at radius 3 is 2.41 bits per heavy atom. The predicted octanol–water partition coefficient (Wildman–Crippen LogP) is 4.26. The second-order valence-electron chi connectivity index (χ2n) is 2.80. The van der Waals surface area contributed by atoms with Gasteiger partial charge in [0.2, 0.25) is 0 Å². The summed E-state index contributed by atoms with van der Waals surface area (Å²) < 4.78 is 64.4. The van der Waals surface area contributed by atoms with Crippen LogP contribution in [0.3, 0.4) is 0 Å². The van der Waals surface area contributed by atoms with Gasteiger partial charge in [-0.25, -0.2) is 13.8 Å². The molecule has 0 N–H and O–H groups in total. The summed E-state index contributed by atoms with van der Waals surface area (Å²) in [5, 5.41) is 0. The topological polar surface area (TPSA) is 22.1 Å². The number of rotatable bonds is 3. The summed E-state index contributed by atoms with van der Waals surface area (Å²) >= 11 is 6.94. The van der Waals surface area contributed by atoms with Crippen LogP contribution in [0.5, 0.6) is 5.75 Å². The summed E-state index contributed by atoms with van der Waals surface area (Å²) in [6, 6.07) is 0.540. The third-order valence-electron chi connectivity index (χ3n) is 1.64. The summed E-state index contributed by atoms with van der Waals surface area (Å²) in [5.41, 5.74) is -0.864. The fraction of sp³-hybridized carbons (Fsp3) is 0.375. The summed E-state index contributed by atoms with van der Waals surface area (Å²) in [4.78, 5) is 3.44. The van der Waals surface area contributed by atoms with Crippen molar-refractivity contribution in [1.82, 2.24) is 4.98 Å². The molecule has 1 heterocycles. The van der Waals surface area contributed by atoms with Gasteiger partial charge in [0.25, 0.3) is 6.43 Å². The quantitative estimate of drug-likeness (QED) is 0.335. The Hall–Kier alpha value is -0.380. The molecule has 1 rings (SSSR count). The second-order valence-corrected chi connectivity index (χ2v) is 4.09. The van der Waals surface area contributed by atoms with E-state index in [2.05, 4.69) is 9.72 Å². The Bertz CT molecular complexity index is 412. The molecule has 0 saturated heterocycles. The Labute approximate surface area is 111 Å². The van der Waals surface area contributed by atoms with Crippen molar-refractivity contribution in [1.29, 1.82) is 0 Å². The highest BCUT2D eigenvalue weighted by Crippen LogP contribution is 2.33. The van der Waals surface area contributed by atoms with E-state index >= 15 is 0 Å². The average molecular weight is 387 g/mol. The molecule has 0 fully saturated rings. The first-order valence-corrected chi connectivity index (χ1v) is 5.65. The van der Waals surface area contributed by atoms with Gasteiger partial charge in [-0.1, -0.05) is 0 Å². The number of hydrogen-bond donors (Lipinski definition) is 0. The van der Waals surface area contributed by atoms with Crippen LogP contribution in [-0.2, 0) is 5.88 Å². The number of hydrogen-bond acceptors (Lipinski definition) is 2. The zero-order valence-corrected chi connectivity index (χ0v) is 10.8. The average Bonchev–Trinajstić information content (AvgIpc) is 2.14. The van der Waals surface area contributed by atoms with Gasteiger partial charge in [-0.2, -0.15) is 0 Å². The lowest BCUT2D eigenvalue weighted by Crippen LogP contribution is -2.19. The van der Waals surface area contributed by atoms with E-state index in [4.69, 9.17) is 11.6 Å². The van der Waals surface area contributed by atoms with Crippen molar-refractivity contribution >= 4 is 34.2 Å². The molecule has 1 aromatic heterocycles. The molecule has 17 heavy (non-hydrogen) atoms. The number of alkyl halides is 6. The molecule has 1 aromatic rings. The number of aromatic nitrogens is 1. The summed E-state index contributed by atoms with van der Waals surface area (Å²) in [6.45, 7) is 0. The molecule has 0 saturated carbocycles. The standard InChI is InChI=1S/C8H4ClF5INO/c9-2-3-5(17-8(12,13)14)1-4(6(10)11)16-7(3)15/h1,6H,2H2. The molecule has 0 bridgehead atoms. The maximum Gasteiger partial charge on any atom is 0.573 e. The van der Waals surface area contributed by atoms with Gasteiger partial charge in [-0.05, 0) is 22.6 Å². The molecular formula is C8H4ClF5INO. The molecule has 0 radical (unpaired) electrons. The largest absolute Gasteiger partial charge is 0.573 e. The molecule has 0 amide bonds. The van der Waals surface area contributed by atoms with Gasteiger partial charge in [0, 0.05) is 11.6 Å². The highest BCUT2D eigenvalue weighted by Gasteiger charge is 2.33. The van der Waals surface area contributed by atoms with Gasteiger partial charge in [-0.15, -0.1) is 24.8 Å². The molecule has 0 aliphatic rings. The lowest BCUT2D eigenvalue weighted by Gasteiger charge is -2.14. The molecule has 0 aromatic carbocycles. The van der Waals surface area contributed by atoms with Gasteiger partial charge >= 0.3 is 6.36 Å². The van der Waals surface area contributed by atoms with Crippen molar-refractivity contribution in [3.05, 3.63) is 21.0 Å². The van der Waals surface area contributed by atoms with Crippen molar-refractivity contribution in [2.75, 3.05) is 0 Å². The van der Waals surface area contributed by atoms with Gasteiger partial charge < -0.3 is 4.74 Å². The minimum atomic E-state index is -4.97. The normalized spacial score (nSPS) is 12.0. The first kappa shape index (κ1) is 14.7. The third kappa shape index (κ3) is 4.09. The molecule has 0 atom stereocenters. The van der Waals surface area contributed by atoms with Crippen LogP contribution in [0, 0.1) is 3.70 Å². The van der Waals surface area contributed by atoms with Crippen molar-refractivity contribution in [3.8, 4) is 5.75 Å². The zero-order chi connectivity index (χ0) is 13.2. The maximum absolute atomic E-state index is 12.4. The van der Waals surface area contributed by atoms with E-state index in [1.807, 2.05) is 0 Å². The van der Waals surface area contributed by atoms with Crippen molar-refractivity contribution in [3.63, 3.8) is 0 Å². The summed E-state index contributed by atoms with van der Waals surface area (Å²) in [5.74, 6) is -1.07. The fourth-order valence-electron chi connectivity index (χ4n) is 0.985. The van der Waals surface area contributed by atoms with E-state index in [-0.39, 0.29) is 15.1 Å². The highest BCUT2D eigenvalue weighted by atomic mass is 127. The van der Waals surface area contributed by atoms with E-state index in [1.165, 1.54) is 22.6 Å². The van der Waals surface area contributed by atoms with E-state index in [1.54, 1.807) is 0 Å². The van der Waals surface area contributed by atoms with E-state index < -0.39 is 24.2 Å². The molecular weight excluding hydrogens is 383 g/mol. The van der Waals surface area contributed by atoms with Crippen molar-refractivity contribution in [2.45, 2.75) is 18.7 Å². The first-order valence-electron chi connectivity index (χ1n) is 4.03. The van der Waals surface area contributed by atoms with Crippen LogP contribution in [0.25, 0.3) is 0 Å². The highest BCUT2D eigenvalue weighted by molar-refractivity contribution is 14.1. The Kier molecular flexibility index (Phi) is 4.76. The predicted molar refractivity (Wildman–Crippen MR) is 58.2 cm³/mol. The minimum absolute atomic E-state index is 0.0466. The molecule has 0 aliphatic heterocycles. The third-order valence-corrected chi connectivity index (χ3v) is 2.80. The number of halogens is 7. The van der Waals surface area contributed by atoms with Crippen LogP contribution in [0.4, 0.5) is 22.0 Å². The molecule has 96 valence electrons. The van der Waals surface area contributed by atoms with Crippen LogP contribution >= 0.6 is 34.2 Å². The van der Waals surface area contributed by atoms with Gasteiger partial charge in [0.15, 0.2) is 0 Å². The molecule has 0 unspecified atom stereocenters. The van der Waals surface area contributed by atoms with E-state index in [0.717, 1.165) is 0 Å². The van der Waals surface area contributed by atoms with Crippen LogP contribution in [0.15, 0.2) is 6.07 Å². The number of nitrogens with zero attached hydrogens (tertiary/aromatic N) is 1. The molecule has 2 nitrogen and oxygen atoms in total.